The quantitative estimate of drug-likeness (QED) is 0.602. The van der Waals surface area contributed by atoms with Crippen molar-refractivity contribution in [3.63, 3.8) is 0 Å². The van der Waals surface area contributed by atoms with E-state index in [0.717, 1.165) is 5.56 Å². The minimum absolute atomic E-state index is 0.0536. The molecule has 0 unspecified atom stereocenters. The van der Waals surface area contributed by atoms with Crippen LogP contribution in [-0.2, 0) is 20.9 Å². The summed E-state index contributed by atoms with van der Waals surface area (Å²) in [4.78, 5) is 39.9. The molecule has 0 aliphatic carbocycles. The number of carbonyl (C=O) groups is 3. The van der Waals surface area contributed by atoms with Gasteiger partial charge in [0.2, 0.25) is 5.91 Å². The Morgan fingerprint density at radius 2 is 1.94 bits per heavy atom. The summed E-state index contributed by atoms with van der Waals surface area (Å²) in [5.74, 6) is 0.578. The molecule has 0 radical (unpaired) electrons. The highest BCUT2D eigenvalue weighted by Crippen LogP contribution is 2.28. The highest BCUT2D eigenvalue weighted by molar-refractivity contribution is 5.95. The van der Waals surface area contributed by atoms with Crippen molar-refractivity contribution in [2.24, 2.45) is 0 Å². The molecule has 0 aromatic heterocycles. The molecule has 2 N–H and O–H groups in total. The zero-order chi connectivity index (χ0) is 25.5. The Morgan fingerprint density at radius 3 is 2.69 bits per heavy atom. The van der Waals surface area contributed by atoms with E-state index in [1.807, 2.05) is 31.2 Å². The highest BCUT2D eigenvalue weighted by Gasteiger charge is 2.38. The molecule has 5 rings (SSSR count). The molecule has 0 spiro atoms. The number of amides is 3. The number of carbonyl (C=O) groups excluding carboxylic acids is 3. The largest absolute Gasteiger partial charge is 0.493 e. The lowest BCUT2D eigenvalue weighted by molar-refractivity contribution is -0.131. The van der Waals surface area contributed by atoms with Gasteiger partial charge in [-0.2, -0.15) is 0 Å². The van der Waals surface area contributed by atoms with Crippen molar-refractivity contribution in [2.75, 3.05) is 40.0 Å². The summed E-state index contributed by atoms with van der Waals surface area (Å²) in [5, 5.41) is 5.81. The third kappa shape index (κ3) is 6.25. The van der Waals surface area contributed by atoms with Gasteiger partial charge in [0.15, 0.2) is 18.1 Å². The number of nitrogens with one attached hydrogen (secondary N) is 2. The average molecular weight is 498 g/mol. The molecule has 10 nitrogen and oxygen atoms in total. The van der Waals surface area contributed by atoms with Crippen molar-refractivity contribution < 1.29 is 33.3 Å². The number of hydrogen-bond acceptors (Lipinski definition) is 7. The maximum atomic E-state index is 13.2. The van der Waals surface area contributed by atoms with E-state index in [9.17, 15) is 14.4 Å². The lowest BCUT2D eigenvalue weighted by Crippen LogP contribution is -2.45. The molecule has 3 heterocycles. The number of ether oxygens (including phenoxy) is 4. The van der Waals surface area contributed by atoms with Crippen LogP contribution in [0.15, 0.2) is 42.5 Å². The lowest BCUT2D eigenvalue weighted by Gasteiger charge is -2.21. The van der Waals surface area contributed by atoms with Crippen molar-refractivity contribution >= 4 is 17.7 Å². The Labute approximate surface area is 209 Å². The Bertz CT molecular complexity index is 1090. The highest BCUT2D eigenvalue weighted by atomic mass is 16.5. The zero-order valence-corrected chi connectivity index (χ0v) is 20.5. The van der Waals surface area contributed by atoms with Crippen LogP contribution in [0, 0.1) is 0 Å². The minimum Gasteiger partial charge on any atom is -0.493 e. The summed E-state index contributed by atoms with van der Waals surface area (Å²) in [6.07, 6.45) is -0.180. The van der Waals surface area contributed by atoms with Gasteiger partial charge in [-0.1, -0.05) is 12.1 Å². The monoisotopic (exact) mass is 497 g/mol. The second-order valence-corrected chi connectivity index (χ2v) is 8.56. The van der Waals surface area contributed by atoms with Crippen LogP contribution >= 0.6 is 0 Å². The molecule has 1 fully saturated rings. The minimum atomic E-state index is -0.444. The van der Waals surface area contributed by atoms with Gasteiger partial charge < -0.3 is 34.5 Å². The van der Waals surface area contributed by atoms with Gasteiger partial charge in [0.25, 0.3) is 11.8 Å². The van der Waals surface area contributed by atoms with Gasteiger partial charge in [-0.25, -0.2) is 0 Å². The van der Waals surface area contributed by atoms with Gasteiger partial charge in [0.05, 0.1) is 32.7 Å². The molecule has 1 saturated heterocycles. The van der Waals surface area contributed by atoms with Gasteiger partial charge in [0.1, 0.15) is 11.9 Å². The van der Waals surface area contributed by atoms with E-state index in [1.54, 1.807) is 17.0 Å². The molecule has 36 heavy (non-hydrogen) atoms. The van der Waals surface area contributed by atoms with Gasteiger partial charge in [-0.3, -0.25) is 14.4 Å². The number of hydrogen-bond donors (Lipinski definition) is 2. The van der Waals surface area contributed by atoms with E-state index in [0.29, 0.717) is 49.9 Å². The number of fused-ring (bicyclic) bond motifs is 7. The first-order chi connectivity index (χ1) is 17.5. The van der Waals surface area contributed by atoms with Crippen LogP contribution in [0.2, 0.25) is 0 Å². The summed E-state index contributed by atoms with van der Waals surface area (Å²) < 4.78 is 22.5. The average Bonchev–Trinajstić information content (AvgIpc) is 3.28. The predicted octanol–water partition coefficient (Wildman–Crippen LogP) is 1.52. The van der Waals surface area contributed by atoms with Crippen molar-refractivity contribution in [1.29, 1.82) is 0 Å². The molecular weight excluding hydrogens is 466 g/mol. The zero-order valence-electron chi connectivity index (χ0n) is 20.5. The standard InChI is InChI=1S/C26H31N3O7/c1-3-34-11-10-25(31)29-14-20-23(15-29)36-19-7-4-17(5-8-19)13-27-24(30)16-35-22-12-18(26(32)28-20)6-9-21(22)33-2/h4-9,12,20,23H,3,10-11,13-16H2,1-2H3,(H,27,30)(H,28,32)/t20-,23-/m0/s1. The summed E-state index contributed by atoms with van der Waals surface area (Å²) in [6.45, 7) is 3.53. The first-order valence-electron chi connectivity index (χ1n) is 12.0. The maximum absolute atomic E-state index is 13.2. The van der Waals surface area contributed by atoms with Crippen LogP contribution in [0.3, 0.4) is 0 Å². The summed E-state index contributed by atoms with van der Waals surface area (Å²) in [6, 6.07) is 11.7. The summed E-state index contributed by atoms with van der Waals surface area (Å²) >= 11 is 0. The normalized spacial score (nSPS) is 19.9. The van der Waals surface area contributed by atoms with Crippen LogP contribution in [0.5, 0.6) is 17.2 Å². The van der Waals surface area contributed by atoms with Crippen molar-refractivity contribution in [3.8, 4) is 17.2 Å². The molecule has 2 aromatic carbocycles. The van der Waals surface area contributed by atoms with E-state index in [-0.39, 0.29) is 36.5 Å². The smallest absolute Gasteiger partial charge is 0.258 e. The molecule has 0 saturated carbocycles. The Balaban J connectivity index is 1.59. The van der Waals surface area contributed by atoms with Crippen molar-refractivity contribution in [3.05, 3.63) is 53.6 Å². The van der Waals surface area contributed by atoms with Crippen molar-refractivity contribution in [1.82, 2.24) is 15.5 Å². The first kappa shape index (κ1) is 25.3. The van der Waals surface area contributed by atoms with Gasteiger partial charge in [0, 0.05) is 25.3 Å². The Morgan fingerprint density at radius 1 is 1.14 bits per heavy atom. The maximum Gasteiger partial charge on any atom is 0.258 e. The number of methoxy groups -OCH3 is 1. The first-order valence-corrected chi connectivity index (χ1v) is 12.0. The second kappa shape index (κ2) is 11.8. The predicted molar refractivity (Wildman–Crippen MR) is 130 cm³/mol. The number of benzene rings is 2. The number of rotatable bonds is 5. The van der Waals surface area contributed by atoms with Crippen LogP contribution in [-0.4, -0.2) is 74.8 Å². The molecule has 192 valence electrons. The fourth-order valence-electron chi connectivity index (χ4n) is 4.14. The number of likely N-dealkylation sites (tertiary alicyclic amines) is 1. The Hall–Kier alpha value is -3.79. The van der Waals surface area contributed by atoms with E-state index >= 15 is 0 Å². The lowest BCUT2D eigenvalue weighted by atomic mass is 10.1. The van der Waals surface area contributed by atoms with E-state index in [4.69, 9.17) is 18.9 Å². The van der Waals surface area contributed by atoms with E-state index in [2.05, 4.69) is 10.6 Å². The van der Waals surface area contributed by atoms with Gasteiger partial charge in [-0.15, -0.1) is 0 Å². The van der Waals surface area contributed by atoms with Crippen LogP contribution < -0.4 is 24.8 Å². The molecule has 3 aliphatic rings. The molecular formula is C26H31N3O7. The van der Waals surface area contributed by atoms with Gasteiger partial charge in [-0.05, 0) is 42.8 Å². The third-order valence-corrected chi connectivity index (χ3v) is 6.08. The number of nitrogens with zero attached hydrogens (tertiary/aromatic N) is 1. The summed E-state index contributed by atoms with van der Waals surface area (Å²) in [7, 11) is 1.48. The third-order valence-electron chi connectivity index (χ3n) is 6.08. The summed E-state index contributed by atoms with van der Waals surface area (Å²) in [5.41, 5.74) is 1.22. The molecule has 3 aliphatic heterocycles. The van der Waals surface area contributed by atoms with E-state index in [1.165, 1.54) is 13.2 Å². The fraction of sp³-hybridized carbons (Fsp3) is 0.423. The van der Waals surface area contributed by atoms with Gasteiger partial charge >= 0.3 is 0 Å². The second-order valence-electron chi connectivity index (χ2n) is 8.56. The topological polar surface area (TPSA) is 115 Å². The van der Waals surface area contributed by atoms with Crippen LogP contribution in [0.1, 0.15) is 29.3 Å². The van der Waals surface area contributed by atoms with Crippen LogP contribution in [0.25, 0.3) is 0 Å². The molecule has 10 heteroatoms. The van der Waals surface area contributed by atoms with Crippen molar-refractivity contribution in [2.45, 2.75) is 32.0 Å². The fourth-order valence-corrected chi connectivity index (χ4v) is 4.14. The molecule has 2 atom stereocenters. The SMILES string of the molecule is CCOCCC(=O)N1C[C@@H]2NC(=O)c3ccc(OC)c(c3)OCC(=O)NCc3ccc(cc3)O[C@H]2C1. The van der Waals surface area contributed by atoms with E-state index < -0.39 is 12.1 Å². The Kier molecular flexibility index (Phi) is 8.27. The molecule has 2 aromatic rings. The van der Waals surface area contributed by atoms with Crippen LogP contribution in [0.4, 0.5) is 0 Å². The molecule has 4 bridgehead atoms. The molecule has 3 amide bonds.